The molecule has 7 nitrogen and oxygen atoms in total. The van der Waals surface area contributed by atoms with E-state index in [1.165, 1.54) is 12.8 Å². The quantitative estimate of drug-likeness (QED) is 0.915. The molecule has 1 N–H and O–H groups in total. The van der Waals surface area contributed by atoms with E-state index in [1.807, 2.05) is 12.3 Å². The number of aryl methyl sites for hydroxylation is 1. The Bertz CT molecular complexity index is 728. The van der Waals surface area contributed by atoms with Crippen molar-refractivity contribution in [1.82, 2.24) is 24.9 Å². The van der Waals surface area contributed by atoms with Gasteiger partial charge in [0.1, 0.15) is 4.88 Å². The van der Waals surface area contributed by atoms with Crippen molar-refractivity contribution in [3.8, 4) is 0 Å². The fraction of sp³-hybridized carbons (Fsp3) is 0.533. The van der Waals surface area contributed by atoms with Crippen molar-refractivity contribution in [2.75, 3.05) is 18.0 Å². The van der Waals surface area contributed by atoms with E-state index < -0.39 is 0 Å². The smallest absolute Gasteiger partial charge is 0.265 e. The summed E-state index contributed by atoms with van der Waals surface area (Å²) in [6, 6.07) is 2.12. The van der Waals surface area contributed by atoms with Gasteiger partial charge in [-0.3, -0.25) is 4.79 Å². The third-order valence-electron chi connectivity index (χ3n) is 4.32. The molecule has 8 heteroatoms. The topological polar surface area (TPSA) is 83.9 Å². The first-order chi connectivity index (χ1) is 11.2. The highest BCUT2D eigenvalue weighted by Gasteiger charge is 2.29. The molecule has 120 valence electrons. The van der Waals surface area contributed by atoms with Crippen LogP contribution >= 0.6 is 11.5 Å². The van der Waals surface area contributed by atoms with Crippen molar-refractivity contribution in [3.05, 3.63) is 28.5 Å². The molecule has 0 aromatic carbocycles. The van der Waals surface area contributed by atoms with E-state index in [-0.39, 0.29) is 11.9 Å². The second-order valence-corrected chi connectivity index (χ2v) is 6.90. The Morgan fingerprint density at radius 2 is 2.26 bits per heavy atom. The van der Waals surface area contributed by atoms with Crippen LogP contribution in [0.2, 0.25) is 0 Å². The molecular weight excluding hydrogens is 312 g/mol. The van der Waals surface area contributed by atoms with Gasteiger partial charge in [-0.1, -0.05) is 4.49 Å². The van der Waals surface area contributed by atoms with Crippen molar-refractivity contribution >= 4 is 23.4 Å². The van der Waals surface area contributed by atoms with Crippen LogP contribution in [0.3, 0.4) is 0 Å². The van der Waals surface area contributed by atoms with Gasteiger partial charge in [0, 0.05) is 36.9 Å². The van der Waals surface area contributed by atoms with Crippen LogP contribution in [0.15, 0.2) is 12.3 Å². The minimum absolute atomic E-state index is 0.0861. The van der Waals surface area contributed by atoms with Crippen LogP contribution in [0.5, 0.6) is 0 Å². The average molecular weight is 330 g/mol. The summed E-state index contributed by atoms with van der Waals surface area (Å²) in [6.07, 6.45) is 5.21. The van der Waals surface area contributed by atoms with Gasteiger partial charge < -0.3 is 10.2 Å². The number of nitrogens with one attached hydrogen (secondary N) is 1. The average Bonchev–Trinajstić information content (AvgIpc) is 3.16. The third-order valence-corrected chi connectivity index (χ3v) is 5.15. The van der Waals surface area contributed by atoms with Crippen molar-refractivity contribution in [2.45, 2.75) is 38.1 Å². The maximum absolute atomic E-state index is 12.2. The summed E-state index contributed by atoms with van der Waals surface area (Å²) >= 11 is 1.14. The Morgan fingerprint density at radius 3 is 3.00 bits per heavy atom. The molecule has 1 aliphatic carbocycles. The summed E-state index contributed by atoms with van der Waals surface area (Å²) < 4.78 is 3.81. The zero-order valence-electron chi connectivity index (χ0n) is 12.9. The fourth-order valence-corrected chi connectivity index (χ4v) is 3.43. The van der Waals surface area contributed by atoms with Gasteiger partial charge in [-0.25, -0.2) is 9.97 Å². The molecule has 2 aromatic rings. The molecule has 1 saturated carbocycles. The van der Waals surface area contributed by atoms with Crippen molar-refractivity contribution in [1.29, 1.82) is 0 Å². The molecule has 2 aliphatic rings. The van der Waals surface area contributed by atoms with Crippen LogP contribution in [0.4, 0.5) is 5.95 Å². The van der Waals surface area contributed by atoms with Crippen molar-refractivity contribution in [3.63, 3.8) is 0 Å². The largest absolute Gasteiger partial charge is 0.347 e. The molecule has 0 bridgehead atoms. The number of hydrogen-bond acceptors (Lipinski definition) is 7. The number of nitrogens with zero attached hydrogens (tertiary/aromatic N) is 5. The monoisotopic (exact) mass is 330 g/mol. The second-order valence-electron chi connectivity index (χ2n) is 6.15. The van der Waals surface area contributed by atoms with E-state index >= 15 is 0 Å². The molecule has 1 aliphatic heterocycles. The maximum atomic E-state index is 12.2. The summed E-state index contributed by atoms with van der Waals surface area (Å²) in [5.41, 5.74) is 1.83. The molecule has 1 unspecified atom stereocenters. The van der Waals surface area contributed by atoms with Gasteiger partial charge in [0.25, 0.3) is 5.91 Å². The molecule has 23 heavy (non-hydrogen) atoms. The highest BCUT2D eigenvalue weighted by atomic mass is 32.1. The van der Waals surface area contributed by atoms with Crippen molar-refractivity contribution in [2.24, 2.45) is 0 Å². The number of carbonyl (C=O) groups excluding carboxylic acids is 1. The predicted octanol–water partition coefficient (Wildman–Crippen LogP) is 1.52. The molecular formula is C15H18N6OS. The maximum Gasteiger partial charge on any atom is 0.265 e. The first-order valence-electron chi connectivity index (χ1n) is 7.88. The summed E-state index contributed by atoms with van der Waals surface area (Å²) in [7, 11) is 0. The first kappa shape index (κ1) is 14.5. The van der Waals surface area contributed by atoms with E-state index in [4.69, 9.17) is 0 Å². The molecule has 0 spiro atoms. The van der Waals surface area contributed by atoms with Gasteiger partial charge in [-0.2, -0.15) is 0 Å². The van der Waals surface area contributed by atoms with Crippen LogP contribution in [0.1, 0.15) is 46.2 Å². The van der Waals surface area contributed by atoms with E-state index in [0.29, 0.717) is 16.5 Å². The van der Waals surface area contributed by atoms with Gasteiger partial charge in [0.15, 0.2) is 0 Å². The van der Waals surface area contributed by atoms with E-state index in [0.717, 1.165) is 42.7 Å². The van der Waals surface area contributed by atoms with Crippen LogP contribution in [0, 0.1) is 6.92 Å². The number of aromatic nitrogens is 4. The minimum Gasteiger partial charge on any atom is -0.347 e. The first-order valence-corrected chi connectivity index (χ1v) is 8.66. The van der Waals surface area contributed by atoms with Crippen LogP contribution in [0.25, 0.3) is 0 Å². The molecule has 4 rings (SSSR count). The van der Waals surface area contributed by atoms with Gasteiger partial charge in [0.05, 0.1) is 5.69 Å². The number of rotatable bonds is 4. The highest BCUT2D eigenvalue weighted by Crippen LogP contribution is 2.39. The summed E-state index contributed by atoms with van der Waals surface area (Å²) in [5.74, 6) is 1.32. The molecule has 3 heterocycles. The number of anilines is 1. The van der Waals surface area contributed by atoms with E-state index in [1.54, 1.807) is 6.92 Å². The molecule has 2 aromatic heterocycles. The molecule has 1 atom stereocenters. The lowest BCUT2D eigenvalue weighted by atomic mass is 10.2. The van der Waals surface area contributed by atoms with Crippen molar-refractivity contribution < 1.29 is 4.79 Å². The van der Waals surface area contributed by atoms with Crippen LogP contribution in [-0.4, -0.2) is 44.6 Å². The van der Waals surface area contributed by atoms with Gasteiger partial charge >= 0.3 is 0 Å². The molecule has 1 saturated heterocycles. The summed E-state index contributed by atoms with van der Waals surface area (Å²) in [6.45, 7) is 3.40. The lowest BCUT2D eigenvalue weighted by Crippen LogP contribution is -2.37. The Labute approximate surface area is 138 Å². The third kappa shape index (κ3) is 3.03. The minimum atomic E-state index is -0.0861. The lowest BCUT2D eigenvalue weighted by molar-refractivity contribution is 0.0943. The normalized spacial score (nSPS) is 20.7. The SMILES string of the molecule is Cc1nnsc1C(=O)NC1CCN(c2nccc(C3CC3)n2)C1. The molecule has 0 radical (unpaired) electrons. The standard InChI is InChI=1S/C15H18N6OS/c1-9-13(23-20-19-9)14(22)17-11-5-7-21(8-11)15-16-6-4-12(18-15)10-2-3-10/h4,6,10-11H,2-3,5,7-8H2,1H3,(H,17,22). The van der Waals surface area contributed by atoms with Crippen LogP contribution in [-0.2, 0) is 0 Å². The Balaban J connectivity index is 1.40. The zero-order valence-corrected chi connectivity index (χ0v) is 13.7. The van der Waals surface area contributed by atoms with E-state index in [9.17, 15) is 4.79 Å². The summed E-state index contributed by atoms with van der Waals surface area (Å²) in [5, 5.41) is 6.95. The second kappa shape index (κ2) is 5.84. The van der Waals surface area contributed by atoms with Gasteiger partial charge in [-0.05, 0) is 43.8 Å². The predicted molar refractivity (Wildman–Crippen MR) is 86.7 cm³/mol. The Hall–Kier alpha value is -2.09. The zero-order chi connectivity index (χ0) is 15.8. The Morgan fingerprint density at radius 1 is 1.39 bits per heavy atom. The number of carbonyl (C=O) groups is 1. The van der Waals surface area contributed by atoms with Gasteiger partial charge in [-0.15, -0.1) is 5.10 Å². The fourth-order valence-electron chi connectivity index (χ4n) is 2.87. The number of hydrogen-bond donors (Lipinski definition) is 1. The lowest BCUT2D eigenvalue weighted by Gasteiger charge is -2.17. The van der Waals surface area contributed by atoms with Gasteiger partial charge in [0.2, 0.25) is 5.95 Å². The number of amides is 1. The Kier molecular flexibility index (Phi) is 3.68. The van der Waals surface area contributed by atoms with Crippen LogP contribution < -0.4 is 10.2 Å². The van der Waals surface area contributed by atoms with E-state index in [2.05, 4.69) is 29.8 Å². The summed E-state index contributed by atoms with van der Waals surface area (Å²) in [4.78, 5) is 24.1. The molecule has 1 amide bonds. The molecule has 2 fully saturated rings. The highest BCUT2D eigenvalue weighted by molar-refractivity contribution is 7.08.